The second-order valence-corrected chi connectivity index (χ2v) is 3.32. The number of hydrogen-bond acceptors (Lipinski definition) is 1. The predicted octanol–water partition coefficient (Wildman–Crippen LogP) is 2.54. The zero-order valence-electron chi connectivity index (χ0n) is 7.02. The highest BCUT2D eigenvalue weighted by Crippen LogP contribution is 2.21. The molecular weight excluding hydrogens is 198 g/mol. The van der Waals surface area contributed by atoms with Gasteiger partial charge >= 0.3 is 0 Å². The van der Waals surface area contributed by atoms with Crippen molar-refractivity contribution in [2.24, 2.45) is 0 Å². The Kier molecular flexibility index (Phi) is 3.22. The van der Waals surface area contributed by atoms with Gasteiger partial charge in [0.15, 0.2) is 0 Å². The molecule has 0 aromatic heterocycles. The van der Waals surface area contributed by atoms with Crippen LogP contribution in [-0.4, -0.2) is 11.2 Å². The van der Waals surface area contributed by atoms with Gasteiger partial charge in [-0.15, -0.1) is 0 Å². The van der Waals surface area contributed by atoms with E-state index in [1.807, 2.05) is 0 Å². The molecule has 0 aliphatic rings. The quantitative estimate of drug-likeness (QED) is 0.738. The van der Waals surface area contributed by atoms with Crippen LogP contribution in [0.5, 0.6) is 0 Å². The molecule has 1 N–H and O–H groups in total. The van der Waals surface area contributed by atoms with Crippen LogP contribution in [0.3, 0.4) is 0 Å². The fourth-order valence-electron chi connectivity index (χ4n) is 1.08. The lowest BCUT2D eigenvalue weighted by Gasteiger charge is -2.06. The Morgan fingerprint density at radius 3 is 2.62 bits per heavy atom. The first kappa shape index (κ1) is 10.4. The van der Waals surface area contributed by atoms with Crippen LogP contribution in [0.1, 0.15) is 12.5 Å². The van der Waals surface area contributed by atoms with Gasteiger partial charge in [-0.25, -0.2) is 8.78 Å². The SMILES string of the molecule is CC(O)Cc1cc(F)cc(Cl)c1F. The first-order chi connectivity index (χ1) is 6.00. The van der Waals surface area contributed by atoms with Crippen LogP contribution < -0.4 is 0 Å². The first-order valence-corrected chi connectivity index (χ1v) is 4.20. The number of rotatable bonds is 2. The smallest absolute Gasteiger partial charge is 0.145 e. The predicted molar refractivity (Wildman–Crippen MR) is 46.8 cm³/mol. The van der Waals surface area contributed by atoms with E-state index in [2.05, 4.69) is 0 Å². The van der Waals surface area contributed by atoms with Crippen LogP contribution >= 0.6 is 11.6 Å². The lowest BCUT2D eigenvalue weighted by molar-refractivity contribution is 0.194. The minimum atomic E-state index is -0.715. The maximum absolute atomic E-state index is 13.1. The summed E-state index contributed by atoms with van der Waals surface area (Å²) in [7, 11) is 0. The normalized spacial score (nSPS) is 13.0. The van der Waals surface area contributed by atoms with Gasteiger partial charge in [0.05, 0.1) is 11.1 Å². The van der Waals surface area contributed by atoms with Crippen molar-refractivity contribution >= 4 is 11.6 Å². The number of aliphatic hydroxyl groups is 1. The largest absolute Gasteiger partial charge is 0.393 e. The fourth-order valence-corrected chi connectivity index (χ4v) is 1.30. The van der Waals surface area contributed by atoms with Gasteiger partial charge in [0.2, 0.25) is 0 Å². The Labute approximate surface area is 80.0 Å². The second-order valence-electron chi connectivity index (χ2n) is 2.91. The van der Waals surface area contributed by atoms with Gasteiger partial charge in [-0.2, -0.15) is 0 Å². The summed E-state index contributed by atoms with van der Waals surface area (Å²) >= 11 is 5.41. The van der Waals surface area contributed by atoms with Gasteiger partial charge < -0.3 is 5.11 Å². The van der Waals surface area contributed by atoms with E-state index in [-0.39, 0.29) is 17.0 Å². The van der Waals surface area contributed by atoms with Crippen molar-refractivity contribution in [2.45, 2.75) is 19.4 Å². The van der Waals surface area contributed by atoms with E-state index < -0.39 is 17.7 Å². The van der Waals surface area contributed by atoms with E-state index in [1.165, 1.54) is 6.92 Å². The summed E-state index contributed by atoms with van der Waals surface area (Å²) in [4.78, 5) is 0. The Hall–Kier alpha value is -0.670. The molecule has 4 heteroatoms. The second kappa shape index (κ2) is 4.03. The van der Waals surface area contributed by atoms with E-state index in [0.717, 1.165) is 12.1 Å². The number of hydrogen-bond donors (Lipinski definition) is 1. The minimum Gasteiger partial charge on any atom is -0.393 e. The third-order valence-corrected chi connectivity index (χ3v) is 1.86. The molecule has 1 atom stereocenters. The molecule has 0 saturated heterocycles. The summed E-state index contributed by atoms with van der Waals surface area (Å²) < 4.78 is 25.9. The summed E-state index contributed by atoms with van der Waals surface area (Å²) in [5.41, 5.74) is 0.0972. The molecule has 0 spiro atoms. The van der Waals surface area contributed by atoms with Gasteiger partial charge in [-0.3, -0.25) is 0 Å². The Balaban J connectivity index is 3.05. The van der Waals surface area contributed by atoms with Crippen molar-refractivity contribution in [1.29, 1.82) is 0 Å². The van der Waals surface area contributed by atoms with E-state index in [4.69, 9.17) is 16.7 Å². The van der Waals surface area contributed by atoms with Crippen LogP contribution in [0, 0.1) is 11.6 Å². The molecule has 1 unspecified atom stereocenters. The highest BCUT2D eigenvalue weighted by Gasteiger charge is 2.11. The molecule has 0 fully saturated rings. The zero-order valence-corrected chi connectivity index (χ0v) is 7.78. The molecule has 0 aliphatic carbocycles. The summed E-state index contributed by atoms with van der Waals surface area (Å²) in [6, 6.07) is 1.94. The van der Waals surface area contributed by atoms with Gasteiger partial charge in [-0.1, -0.05) is 11.6 Å². The molecule has 0 aliphatic heterocycles. The van der Waals surface area contributed by atoms with Crippen LogP contribution in [0.25, 0.3) is 0 Å². The average Bonchev–Trinajstić information content (AvgIpc) is 1.98. The Morgan fingerprint density at radius 1 is 1.46 bits per heavy atom. The lowest BCUT2D eigenvalue weighted by Crippen LogP contribution is -2.06. The highest BCUT2D eigenvalue weighted by atomic mass is 35.5. The highest BCUT2D eigenvalue weighted by molar-refractivity contribution is 6.30. The van der Waals surface area contributed by atoms with Crippen molar-refractivity contribution < 1.29 is 13.9 Å². The lowest BCUT2D eigenvalue weighted by atomic mass is 10.1. The molecule has 1 rings (SSSR count). The minimum absolute atomic E-state index is 0.0588. The molecule has 0 heterocycles. The number of aliphatic hydroxyl groups excluding tert-OH is 1. The summed E-state index contributed by atoms with van der Waals surface area (Å²) in [6.07, 6.45) is -0.657. The van der Waals surface area contributed by atoms with Crippen LogP contribution in [0.4, 0.5) is 8.78 Å². The van der Waals surface area contributed by atoms with Gasteiger partial charge in [0.1, 0.15) is 11.6 Å². The van der Waals surface area contributed by atoms with E-state index in [1.54, 1.807) is 0 Å². The maximum atomic E-state index is 13.1. The van der Waals surface area contributed by atoms with Crippen molar-refractivity contribution in [3.05, 3.63) is 34.4 Å². The fraction of sp³-hybridized carbons (Fsp3) is 0.333. The van der Waals surface area contributed by atoms with Crippen molar-refractivity contribution in [3.63, 3.8) is 0 Å². The first-order valence-electron chi connectivity index (χ1n) is 3.82. The molecule has 1 nitrogen and oxygen atoms in total. The standard InChI is InChI=1S/C9H9ClF2O/c1-5(13)2-6-3-7(11)4-8(10)9(6)12/h3-5,13H,2H2,1H3. The van der Waals surface area contributed by atoms with Crippen molar-refractivity contribution in [3.8, 4) is 0 Å². The molecule has 0 bridgehead atoms. The molecule has 0 radical (unpaired) electrons. The number of benzene rings is 1. The van der Waals surface area contributed by atoms with E-state index in [0.29, 0.717) is 0 Å². The topological polar surface area (TPSA) is 20.2 Å². The van der Waals surface area contributed by atoms with E-state index in [9.17, 15) is 8.78 Å². The molecular formula is C9H9ClF2O. The van der Waals surface area contributed by atoms with E-state index >= 15 is 0 Å². The molecule has 13 heavy (non-hydrogen) atoms. The van der Waals surface area contributed by atoms with Crippen molar-refractivity contribution in [2.75, 3.05) is 0 Å². The maximum Gasteiger partial charge on any atom is 0.145 e. The molecule has 1 aromatic carbocycles. The van der Waals surface area contributed by atoms with Crippen LogP contribution in [0.15, 0.2) is 12.1 Å². The van der Waals surface area contributed by atoms with Gasteiger partial charge in [0, 0.05) is 6.42 Å². The summed E-state index contributed by atoms with van der Waals surface area (Å²) in [5, 5.41) is 8.73. The monoisotopic (exact) mass is 206 g/mol. The summed E-state index contributed by atoms with van der Waals surface area (Å²) in [5.74, 6) is -1.26. The van der Waals surface area contributed by atoms with Gasteiger partial charge in [0.25, 0.3) is 0 Å². The third kappa shape index (κ3) is 2.64. The molecule has 0 saturated carbocycles. The van der Waals surface area contributed by atoms with Crippen LogP contribution in [0.2, 0.25) is 5.02 Å². The third-order valence-electron chi connectivity index (χ3n) is 1.58. The molecule has 1 aromatic rings. The Bertz CT molecular complexity index is 313. The average molecular weight is 207 g/mol. The molecule has 72 valence electrons. The van der Waals surface area contributed by atoms with Crippen LogP contribution in [-0.2, 0) is 6.42 Å². The summed E-state index contributed by atoms with van der Waals surface area (Å²) in [6.45, 7) is 1.50. The van der Waals surface area contributed by atoms with Crippen molar-refractivity contribution in [1.82, 2.24) is 0 Å². The molecule has 0 amide bonds. The Morgan fingerprint density at radius 2 is 2.08 bits per heavy atom. The zero-order chi connectivity index (χ0) is 10.0. The number of halogens is 3. The van der Waals surface area contributed by atoms with Gasteiger partial charge in [-0.05, 0) is 24.6 Å².